The SMILES string of the molecule is C=CCOC12Oc3ccc(OC(=O)NCC)cc3C3C(CCCCO)C(CCCCO)C=C(C(=NOCc4ccc([N+](=O)[O-])cc4)CC1N(CCC)C(=O)CCCCCCCCCCC)C32. The molecule has 14 nitrogen and oxygen atoms in total. The van der Waals surface area contributed by atoms with E-state index in [0.29, 0.717) is 61.5 Å². The number of allylic oxidation sites excluding steroid dienone is 1. The fourth-order valence-electron chi connectivity index (χ4n) is 10.3. The fraction of sp³-hybridized carbons (Fsp3) is 0.635. The summed E-state index contributed by atoms with van der Waals surface area (Å²) in [5.41, 5.74) is 3.09. The monoisotopic (exact) mass is 917 g/mol. The number of carbonyl (C=O) groups is 2. The van der Waals surface area contributed by atoms with E-state index in [0.717, 1.165) is 56.1 Å². The van der Waals surface area contributed by atoms with Gasteiger partial charge in [-0.25, -0.2) is 4.79 Å². The number of unbranched alkanes of at least 4 members (excludes halogenated alkanes) is 10. The lowest BCUT2D eigenvalue weighted by molar-refractivity contribution is -0.384. The topological polar surface area (TPSA) is 182 Å². The van der Waals surface area contributed by atoms with Crippen LogP contribution < -0.4 is 14.8 Å². The van der Waals surface area contributed by atoms with Crippen LogP contribution in [-0.2, 0) is 21.0 Å². The Kier molecular flexibility index (Phi) is 21.4. The molecule has 0 aromatic heterocycles. The Bertz CT molecular complexity index is 1920. The lowest BCUT2D eigenvalue weighted by Gasteiger charge is -2.60. The van der Waals surface area contributed by atoms with Crippen molar-refractivity contribution in [2.45, 2.75) is 161 Å². The molecule has 2 aliphatic carbocycles. The maximum absolute atomic E-state index is 14.8. The van der Waals surface area contributed by atoms with Crippen molar-refractivity contribution in [2.24, 2.45) is 22.9 Å². The molecule has 3 N–H and O–H groups in total. The van der Waals surface area contributed by atoms with Crippen LogP contribution >= 0.6 is 0 Å². The van der Waals surface area contributed by atoms with Gasteiger partial charge in [-0.05, 0) is 98.8 Å². The molecule has 1 saturated carbocycles. The second kappa shape index (κ2) is 27.1. The van der Waals surface area contributed by atoms with Crippen molar-refractivity contribution in [2.75, 3.05) is 32.9 Å². The van der Waals surface area contributed by atoms with Crippen LogP contribution in [0.25, 0.3) is 0 Å². The zero-order valence-electron chi connectivity index (χ0n) is 39.8. The quantitative estimate of drug-likeness (QED) is 0.0295. The Morgan fingerprint density at radius 2 is 1.64 bits per heavy atom. The fourth-order valence-corrected chi connectivity index (χ4v) is 10.3. The smallest absolute Gasteiger partial charge is 0.412 e. The first kappa shape index (κ1) is 52.2. The Hall–Kier alpha value is -4.79. The number of carbonyl (C=O) groups excluding carboxylic acids is 2. The molecule has 2 aromatic rings. The minimum Gasteiger partial charge on any atom is -0.459 e. The van der Waals surface area contributed by atoms with E-state index in [4.69, 9.17) is 24.2 Å². The van der Waals surface area contributed by atoms with Crippen molar-refractivity contribution in [3.63, 3.8) is 0 Å². The van der Waals surface area contributed by atoms with Gasteiger partial charge in [0.25, 0.3) is 5.69 Å². The summed E-state index contributed by atoms with van der Waals surface area (Å²) in [6, 6.07) is 11.0. The third-order valence-corrected chi connectivity index (χ3v) is 13.4. The van der Waals surface area contributed by atoms with E-state index in [1.54, 1.807) is 24.3 Å². The zero-order chi connectivity index (χ0) is 47.3. The van der Waals surface area contributed by atoms with Crippen LogP contribution in [0.15, 0.2) is 71.9 Å². The number of nitrogens with one attached hydrogen (secondary N) is 1. The summed E-state index contributed by atoms with van der Waals surface area (Å²) in [6.45, 7) is 11.4. The van der Waals surface area contributed by atoms with Gasteiger partial charge < -0.3 is 39.5 Å². The molecule has 364 valence electrons. The maximum atomic E-state index is 14.8. The molecule has 2 amide bonds. The first-order valence-electron chi connectivity index (χ1n) is 24.8. The molecule has 1 fully saturated rings. The molecule has 5 rings (SSSR count). The molecule has 6 unspecified atom stereocenters. The summed E-state index contributed by atoms with van der Waals surface area (Å²) in [5, 5.41) is 38.9. The number of benzene rings is 2. The van der Waals surface area contributed by atoms with Gasteiger partial charge in [0, 0.05) is 62.8 Å². The van der Waals surface area contributed by atoms with Crippen molar-refractivity contribution in [1.29, 1.82) is 0 Å². The van der Waals surface area contributed by atoms with Gasteiger partial charge in [0.1, 0.15) is 24.1 Å². The van der Waals surface area contributed by atoms with Gasteiger partial charge in [0.05, 0.1) is 23.2 Å². The highest BCUT2D eigenvalue weighted by atomic mass is 16.7. The number of nitrogens with zero attached hydrogens (tertiary/aromatic N) is 3. The van der Waals surface area contributed by atoms with Gasteiger partial charge in [0.2, 0.25) is 11.7 Å². The van der Waals surface area contributed by atoms with Crippen molar-refractivity contribution in [3.8, 4) is 11.5 Å². The van der Waals surface area contributed by atoms with Crippen molar-refractivity contribution >= 4 is 23.4 Å². The number of non-ortho nitro benzene ring substituents is 1. The molecule has 0 saturated heterocycles. The van der Waals surface area contributed by atoms with E-state index in [9.17, 15) is 29.9 Å². The third-order valence-electron chi connectivity index (χ3n) is 13.4. The molecule has 3 aliphatic rings. The molecule has 66 heavy (non-hydrogen) atoms. The average molecular weight is 917 g/mol. The molecule has 0 spiro atoms. The Balaban J connectivity index is 1.65. The summed E-state index contributed by atoms with van der Waals surface area (Å²) in [7, 11) is 0. The van der Waals surface area contributed by atoms with E-state index in [1.807, 2.05) is 24.0 Å². The predicted molar refractivity (Wildman–Crippen MR) is 256 cm³/mol. The van der Waals surface area contributed by atoms with Gasteiger partial charge >= 0.3 is 6.09 Å². The number of aliphatic hydroxyl groups excluding tert-OH is 2. The number of oxime groups is 1. The largest absolute Gasteiger partial charge is 0.459 e. The maximum Gasteiger partial charge on any atom is 0.412 e. The molecule has 2 aromatic carbocycles. The number of amides is 2. The minimum absolute atomic E-state index is 0.00334. The number of aliphatic hydroxyl groups is 2. The first-order valence-corrected chi connectivity index (χ1v) is 24.8. The lowest BCUT2D eigenvalue weighted by atomic mass is 9.55. The predicted octanol–water partition coefficient (Wildman–Crippen LogP) is 10.7. The van der Waals surface area contributed by atoms with E-state index in [2.05, 4.69) is 31.8 Å². The lowest BCUT2D eigenvalue weighted by Crippen LogP contribution is -2.70. The summed E-state index contributed by atoms with van der Waals surface area (Å²) < 4.78 is 20.2. The second-order valence-electron chi connectivity index (χ2n) is 18.1. The molecule has 0 radical (unpaired) electrons. The molecular formula is C52H76N4O10. The van der Waals surface area contributed by atoms with Crippen LogP contribution in [0.5, 0.6) is 11.5 Å². The van der Waals surface area contributed by atoms with Crippen LogP contribution in [0.3, 0.4) is 0 Å². The van der Waals surface area contributed by atoms with Crippen LogP contribution in [0.2, 0.25) is 0 Å². The van der Waals surface area contributed by atoms with Crippen LogP contribution in [0, 0.1) is 27.9 Å². The van der Waals surface area contributed by atoms with Gasteiger partial charge in [0.15, 0.2) is 0 Å². The van der Waals surface area contributed by atoms with Crippen molar-refractivity contribution in [3.05, 3.63) is 88.0 Å². The van der Waals surface area contributed by atoms with E-state index >= 15 is 0 Å². The summed E-state index contributed by atoms with van der Waals surface area (Å²) >= 11 is 0. The van der Waals surface area contributed by atoms with Crippen LogP contribution in [0.1, 0.15) is 153 Å². The molecule has 0 bridgehead atoms. The van der Waals surface area contributed by atoms with Crippen LogP contribution in [0.4, 0.5) is 10.5 Å². The number of nitro benzene ring substituents is 1. The van der Waals surface area contributed by atoms with E-state index in [1.165, 1.54) is 50.7 Å². The number of nitro groups is 1. The second-order valence-corrected chi connectivity index (χ2v) is 18.1. The normalized spacial score (nSPS) is 22.3. The number of hydrogen-bond donors (Lipinski definition) is 3. The standard InChI is InChI=1S/C52H76N4O10/c1-5-9-10-11-12-13-14-15-16-23-48(59)55(30-6-2)47-36-45(54-64-37-38-24-26-40(27-25-38)56(61)62)43-34-39(21-17-19-31-57)42(22-18-20-32-58)49-44-35-41(65-51(60)53-8-4)28-29-46(44)66-52(47,50(43)49)63-33-7-3/h7,24-29,34-35,39,42,47,49-50,57-58H,3,5-6,8-23,30-33,36-37H2,1-2,4H3,(H,53,60). The third kappa shape index (κ3) is 13.7. The number of ether oxygens (including phenoxy) is 3. The van der Waals surface area contributed by atoms with Gasteiger partial charge in [-0.1, -0.05) is 95.4 Å². The summed E-state index contributed by atoms with van der Waals surface area (Å²) in [5.74, 6) is -1.22. The summed E-state index contributed by atoms with van der Waals surface area (Å²) in [6.07, 6.45) is 19.4. The molecular weight excluding hydrogens is 841 g/mol. The van der Waals surface area contributed by atoms with E-state index < -0.39 is 28.8 Å². The van der Waals surface area contributed by atoms with Crippen molar-refractivity contribution < 1.29 is 43.8 Å². The average Bonchev–Trinajstić information content (AvgIpc) is 3.31. The Morgan fingerprint density at radius 3 is 2.29 bits per heavy atom. The zero-order valence-corrected chi connectivity index (χ0v) is 39.8. The summed E-state index contributed by atoms with van der Waals surface area (Å²) in [4.78, 5) is 46.7. The van der Waals surface area contributed by atoms with Crippen molar-refractivity contribution in [1.82, 2.24) is 10.2 Å². The van der Waals surface area contributed by atoms with Gasteiger partial charge in [-0.15, -0.1) is 6.58 Å². The highest BCUT2D eigenvalue weighted by Crippen LogP contribution is 2.62. The van der Waals surface area contributed by atoms with Crippen LogP contribution in [-0.4, -0.2) is 82.5 Å². The highest BCUT2D eigenvalue weighted by molar-refractivity contribution is 6.03. The first-order chi connectivity index (χ1) is 32.2. The minimum atomic E-state index is -1.40. The number of rotatable bonds is 30. The molecule has 1 aliphatic heterocycles. The molecule has 6 atom stereocenters. The van der Waals surface area contributed by atoms with Gasteiger partial charge in [-0.3, -0.25) is 14.9 Å². The Morgan fingerprint density at radius 1 is 0.939 bits per heavy atom. The number of fused-ring (bicyclic) bond motifs is 2. The highest BCUT2D eigenvalue weighted by Gasteiger charge is 2.65. The molecule has 14 heteroatoms. The molecule has 1 heterocycles. The Labute approximate surface area is 392 Å². The van der Waals surface area contributed by atoms with E-state index in [-0.39, 0.29) is 62.2 Å². The number of hydrogen-bond acceptors (Lipinski definition) is 11. The van der Waals surface area contributed by atoms with Gasteiger partial charge in [-0.2, -0.15) is 0 Å².